The molecule has 11 heteroatoms. The van der Waals surface area contributed by atoms with Crippen LogP contribution in [0.1, 0.15) is 53.3 Å². The Hall–Kier alpha value is -4.12. The van der Waals surface area contributed by atoms with Gasteiger partial charge in [-0.25, -0.2) is 9.07 Å². The van der Waals surface area contributed by atoms with Crippen molar-refractivity contribution in [1.29, 1.82) is 0 Å². The first-order valence-corrected chi connectivity index (χ1v) is 13.2. The Labute approximate surface area is 225 Å². The monoisotopic (exact) mass is 534 g/mol. The fraction of sp³-hybridized carbons (Fsp3) is 0.393. The van der Waals surface area contributed by atoms with Crippen molar-refractivity contribution in [2.75, 3.05) is 18.4 Å². The summed E-state index contributed by atoms with van der Waals surface area (Å²) in [7, 11) is 0. The number of piperidine rings is 1. The van der Waals surface area contributed by atoms with Gasteiger partial charge in [-0.1, -0.05) is 29.5 Å². The van der Waals surface area contributed by atoms with Crippen molar-refractivity contribution in [3.05, 3.63) is 77.4 Å². The van der Waals surface area contributed by atoms with Crippen molar-refractivity contribution >= 4 is 23.4 Å². The Morgan fingerprint density at radius 3 is 2.62 bits per heavy atom. The van der Waals surface area contributed by atoms with Crippen molar-refractivity contribution in [1.82, 2.24) is 25.2 Å². The van der Waals surface area contributed by atoms with Gasteiger partial charge in [0.1, 0.15) is 11.9 Å². The van der Waals surface area contributed by atoms with Crippen LogP contribution in [0.5, 0.6) is 0 Å². The maximum Gasteiger partial charge on any atom is 0.254 e. The average molecular weight is 535 g/mol. The number of aliphatic hydroxyl groups excluding tert-OH is 1. The van der Waals surface area contributed by atoms with E-state index in [1.807, 2.05) is 10.9 Å². The SMILES string of the molecule is O=C1N[C@@H](CC(=O)N2CCC(n3cc(CCC(O)Cc4ccc(F)cc4)nn3)CC2)C(=O)Nc2ccccc21. The number of fused-ring (bicyclic) bond motifs is 1. The molecule has 3 N–H and O–H groups in total. The van der Waals surface area contributed by atoms with E-state index in [0.717, 1.165) is 11.3 Å². The quantitative estimate of drug-likeness (QED) is 0.407. The molecule has 1 aromatic heterocycles. The van der Waals surface area contributed by atoms with Gasteiger partial charge in [-0.05, 0) is 61.9 Å². The third-order valence-corrected chi connectivity index (χ3v) is 7.30. The van der Waals surface area contributed by atoms with E-state index in [-0.39, 0.29) is 30.1 Å². The number of nitrogens with zero attached hydrogens (tertiary/aromatic N) is 4. The molecule has 0 aliphatic carbocycles. The Kier molecular flexibility index (Phi) is 7.97. The lowest BCUT2D eigenvalue weighted by Crippen LogP contribution is -2.47. The number of aromatic nitrogens is 3. The summed E-state index contributed by atoms with van der Waals surface area (Å²) in [4.78, 5) is 39.8. The molecule has 5 rings (SSSR count). The molecule has 0 saturated carbocycles. The molecule has 0 radical (unpaired) electrons. The van der Waals surface area contributed by atoms with Gasteiger partial charge in [-0.15, -0.1) is 5.10 Å². The lowest BCUT2D eigenvalue weighted by atomic mass is 10.0. The van der Waals surface area contributed by atoms with E-state index >= 15 is 0 Å². The minimum atomic E-state index is -0.939. The number of carbonyl (C=O) groups excluding carboxylic acids is 3. The van der Waals surface area contributed by atoms with Crippen molar-refractivity contribution < 1.29 is 23.9 Å². The van der Waals surface area contributed by atoms with E-state index in [0.29, 0.717) is 56.4 Å². The highest BCUT2D eigenvalue weighted by Gasteiger charge is 2.32. The van der Waals surface area contributed by atoms with E-state index in [9.17, 15) is 23.9 Å². The third kappa shape index (κ3) is 6.48. The molecule has 3 heterocycles. The molecule has 1 fully saturated rings. The first-order chi connectivity index (χ1) is 18.9. The number of aryl methyl sites for hydroxylation is 1. The largest absolute Gasteiger partial charge is 0.393 e. The fourth-order valence-electron chi connectivity index (χ4n) is 5.05. The Bertz CT molecular complexity index is 1340. The first kappa shape index (κ1) is 26.5. The summed E-state index contributed by atoms with van der Waals surface area (Å²) < 4.78 is 14.9. The summed E-state index contributed by atoms with van der Waals surface area (Å²) in [6.07, 6.45) is 4.12. The molecule has 2 atom stereocenters. The van der Waals surface area contributed by atoms with Crippen LogP contribution < -0.4 is 10.6 Å². The van der Waals surface area contributed by atoms with E-state index in [2.05, 4.69) is 20.9 Å². The van der Waals surface area contributed by atoms with Crippen LogP contribution in [0.15, 0.2) is 54.7 Å². The van der Waals surface area contributed by atoms with Crippen LogP contribution in [0.3, 0.4) is 0 Å². The molecule has 2 aromatic carbocycles. The number of amides is 3. The molecular formula is C28H31FN6O4. The number of halogens is 1. The number of para-hydroxylation sites is 1. The molecular weight excluding hydrogens is 503 g/mol. The highest BCUT2D eigenvalue weighted by molar-refractivity contribution is 6.10. The van der Waals surface area contributed by atoms with Crippen LogP contribution in [0.25, 0.3) is 0 Å². The van der Waals surface area contributed by atoms with E-state index in [1.165, 1.54) is 12.1 Å². The summed E-state index contributed by atoms with van der Waals surface area (Å²) in [5.74, 6) is -1.28. The molecule has 204 valence electrons. The second-order valence-electron chi connectivity index (χ2n) is 10.1. The number of carbonyl (C=O) groups is 3. The normalized spacial score (nSPS) is 18.6. The van der Waals surface area contributed by atoms with Crippen LogP contribution in [0, 0.1) is 5.82 Å². The highest BCUT2D eigenvalue weighted by Crippen LogP contribution is 2.24. The summed E-state index contributed by atoms with van der Waals surface area (Å²) in [6.45, 7) is 1.02. The summed E-state index contributed by atoms with van der Waals surface area (Å²) in [6, 6.07) is 12.0. The maximum absolute atomic E-state index is 13.1. The lowest BCUT2D eigenvalue weighted by Gasteiger charge is -2.32. The third-order valence-electron chi connectivity index (χ3n) is 7.30. The smallest absolute Gasteiger partial charge is 0.254 e. The lowest BCUT2D eigenvalue weighted by molar-refractivity contribution is -0.134. The maximum atomic E-state index is 13.1. The number of rotatable bonds is 8. The van der Waals surface area contributed by atoms with Gasteiger partial charge in [-0.3, -0.25) is 14.4 Å². The molecule has 10 nitrogen and oxygen atoms in total. The predicted octanol–water partition coefficient (Wildman–Crippen LogP) is 2.26. The van der Waals surface area contributed by atoms with E-state index in [1.54, 1.807) is 41.3 Å². The molecule has 1 saturated heterocycles. The Morgan fingerprint density at radius 2 is 1.85 bits per heavy atom. The Morgan fingerprint density at radius 1 is 1.10 bits per heavy atom. The van der Waals surface area contributed by atoms with Crippen molar-refractivity contribution in [3.63, 3.8) is 0 Å². The van der Waals surface area contributed by atoms with E-state index in [4.69, 9.17) is 0 Å². The van der Waals surface area contributed by atoms with Gasteiger partial charge in [0, 0.05) is 19.3 Å². The molecule has 3 aromatic rings. The molecule has 1 unspecified atom stereocenters. The van der Waals surface area contributed by atoms with Gasteiger partial charge in [0.15, 0.2) is 0 Å². The van der Waals surface area contributed by atoms with Gasteiger partial charge >= 0.3 is 0 Å². The van der Waals surface area contributed by atoms with Crippen LogP contribution in [0.4, 0.5) is 10.1 Å². The average Bonchev–Trinajstić information content (AvgIpc) is 3.38. The van der Waals surface area contributed by atoms with Crippen molar-refractivity contribution in [2.45, 2.75) is 56.7 Å². The van der Waals surface area contributed by atoms with Gasteiger partial charge in [0.25, 0.3) is 5.91 Å². The minimum absolute atomic E-state index is 0.0924. The highest BCUT2D eigenvalue weighted by atomic mass is 19.1. The van der Waals surface area contributed by atoms with Gasteiger partial charge < -0.3 is 20.6 Å². The van der Waals surface area contributed by atoms with Crippen LogP contribution >= 0.6 is 0 Å². The number of benzene rings is 2. The standard InChI is InChI=1S/C28H31FN6O4/c29-19-7-5-18(6-8-19)15-22(36)10-9-20-17-35(33-32-20)21-11-13-34(14-12-21)26(37)16-25-28(39)30-24-4-2-1-3-23(24)27(38)31-25/h1-8,17,21-22,25,36H,9-16H2,(H,30,39)(H,31,38)/t22?,25-/m0/s1. The second kappa shape index (κ2) is 11.7. The zero-order chi connectivity index (χ0) is 27.4. The number of nitrogens with one attached hydrogen (secondary N) is 2. The topological polar surface area (TPSA) is 129 Å². The molecule has 3 amide bonds. The number of aliphatic hydroxyl groups is 1. The molecule has 39 heavy (non-hydrogen) atoms. The van der Waals surface area contributed by atoms with Gasteiger partial charge in [0.05, 0.1) is 35.5 Å². The van der Waals surface area contributed by atoms with Gasteiger partial charge in [-0.2, -0.15) is 0 Å². The van der Waals surface area contributed by atoms with E-state index < -0.39 is 18.1 Å². The number of likely N-dealkylation sites (tertiary alicyclic amines) is 1. The summed E-state index contributed by atoms with van der Waals surface area (Å²) in [5, 5.41) is 24.3. The van der Waals surface area contributed by atoms with Crippen molar-refractivity contribution in [3.8, 4) is 0 Å². The van der Waals surface area contributed by atoms with Crippen molar-refractivity contribution in [2.24, 2.45) is 0 Å². The zero-order valence-electron chi connectivity index (χ0n) is 21.4. The summed E-state index contributed by atoms with van der Waals surface area (Å²) in [5.41, 5.74) is 2.46. The number of hydrogen-bond acceptors (Lipinski definition) is 6. The molecule has 0 bridgehead atoms. The molecule has 0 spiro atoms. The number of hydrogen-bond donors (Lipinski definition) is 3. The number of anilines is 1. The van der Waals surface area contributed by atoms with Gasteiger partial charge in [0.2, 0.25) is 11.8 Å². The Balaban J connectivity index is 1.08. The second-order valence-corrected chi connectivity index (χ2v) is 10.1. The fourth-order valence-corrected chi connectivity index (χ4v) is 5.05. The zero-order valence-corrected chi connectivity index (χ0v) is 21.4. The van der Waals surface area contributed by atoms with Crippen LogP contribution in [-0.2, 0) is 22.4 Å². The minimum Gasteiger partial charge on any atom is -0.393 e. The molecule has 2 aliphatic rings. The van der Waals surface area contributed by atoms with Crippen LogP contribution in [-0.4, -0.2) is 68.0 Å². The summed E-state index contributed by atoms with van der Waals surface area (Å²) >= 11 is 0. The first-order valence-electron chi connectivity index (χ1n) is 13.2. The molecule has 2 aliphatic heterocycles. The van der Waals surface area contributed by atoms with Crippen LogP contribution in [0.2, 0.25) is 0 Å². The predicted molar refractivity (Wildman–Crippen MR) is 140 cm³/mol.